The fourth-order valence-corrected chi connectivity index (χ4v) is 6.19. The maximum Gasteiger partial charge on any atom is 0.0540 e. The zero-order valence-corrected chi connectivity index (χ0v) is 21.7. The summed E-state index contributed by atoms with van der Waals surface area (Å²) in [4.78, 5) is 2.41. The van der Waals surface area contributed by atoms with E-state index in [4.69, 9.17) is 0 Å². The van der Waals surface area contributed by atoms with Gasteiger partial charge >= 0.3 is 0 Å². The first-order valence-electron chi connectivity index (χ1n) is 13.3. The molecule has 0 saturated heterocycles. The third-order valence-corrected chi connectivity index (χ3v) is 8.06. The number of benzene rings is 6. The molecule has 1 nitrogen and oxygen atoms in total. The summed E-state index contributed by atoms with van der Waals surface area (Å²) in [5.74, 6) is 0. The van der Waals surface area contributed by atoms with E-state index in [1.807, 2.05) is 0 Å². The van der Waals surface area contributed by atoms with E-state index < -0.39 is 0 Å². The summed E-state index contributed by atoms with van der Waals surface area (Å²) < 4.78 is 0. The van der Waals surface area contributed by atoms with Gasteiger partial charge in [0, 0.05) is 22.4 Å². The highest BCUT2D eigenvalue weighted by Gasteiger charge is 2.35. The van der Waals surface area contributed by atoms with Crippen molar-refractivity contribution >= 4 is 27.8 Å². The second kappa shape index (κ2) is 8.75. The number of anilines is 3. The quantitative estimate of drug-likeness (QED) is 0.239. The van der Waals surface area contributed by atoms with Crippen molar-refractivity contribution in [1.29, 1.82) is 0 Å². The molecular formula is C37H29N. The summed E-state index contributed by atoms with van der Waals surface area (Å²) in [6.45, 7) is 4.69. The molecule has 38 heavy (non-hydrogen) atoms. The van der Waals surface area contributed by atoms with E-state index in [1.165, 1.54) is 55.5 Å². The lowest BCUT2D eigenvalue weighted by Gasteiger charge is -2.30. The minimum atomic E-state index is -0.0561. The zero-order chi connectivity index (χ0) is 25.7. The van der Waals surface area contributed by atoms with Crippen molar-refractivity contribution < 1.29 is 0 Å². The molecule has 0 atom stereocenters. The molecule has 6 aromatic carbocycles. The van der Waals surface area contributed by atoms with Crippen LogP contribution in [-0.2, 0) is 5.41 Å². The highest BCUT2D eigenvalue weighted by atomic mass is 15.1. The summed E-state index contributed by atoms with van der Waals surface area (Å²) in [6.07, 6.45) is 0. The molecular weight excluding hydrogens is 458 g/mol. The van der Waals surface area contributed by atoms with Crippen molar-refractivity contribution in [2.75, 3.05) is 4.90 Å². The van der Waals surface area contributed by atoms with Gasteiger partial charge in [-0.2, -0.15) is 0 Å². The second-order valence-corrected chi connectivity index (χ2v) is 10.6. The van der Waals surface area contributed by atoms with Gasteiger partial charge in [-0.15, -0.1) is 0 Å². The molecule has 0 amide bonds. The number of para-hydroxylation sites is 2. The van der Waals surface area contributed by atoms with Crippen LogP contribution in [0.3, 0.4) is 0 Å². The predicted molar refractivity (Wildman–Crippen MR) is 162 cm³/mol. The Morgan fingerprint density at radius 2 is 1.08 bits per heavy atom. The molecule has 0 N–H and O–H groups in total. The Morgan fingerprint density at radius 1 is 0.447 bits per heavy atom. The Morgan fingerprint density at radius 3 is 1.95 bits per heavy atom. The summed E-state index contributed by atoms with van der Waals surface area (Å²) in [6, 6.07) is 50.6. The summed E-state index contributed by atoms with van der Waals surface area (Å²) >= 11 is 0. The van der Waals surface area contributed by atoms with Gasteiger partial charge < -0.3 is 4.90 Å². The van der Waals surface area contributed by atoms with Gasteiger partial charge in [0.1, 0.15) is 0 Å². The van der Waals surface area contributed by atoms with Crippen molar-refractivity contribution in [2.24, 2.45) is 0 Å². The molecule has 1 heteroatoms. The van der Waals surface area contributed by atoms with E-state index in [9.17, 15) is 0 Å². The molecule has 0 unspecified atom stereocenters. The van der Waals surface area contributed by atoms with Crippen LogP contribution in [0.2, 0.25) is 0 Å². The average Bonchev–Trinajstić information content (AvgIpc) is 3.20. The number of hydrogen-bond donors (Lipinski definition) is 0. The summed E-state index contributed by atoms with van der Waals surface area (Å²) in [7, 11) is 0. The molecule has 1 aliphatic rings. The van der Waals surface area contributed by atoms with Gasteiger partial charge in [0.05, 0.1) is 5.69 Å². The van der Waals surface area contributed by atoms with Crippen LogP contribution in [-0.4, -0.2) is 0 Å². The highest BCUT2D eigenvalue weighted by molar-refractivity contribution is 6.01. The lowest BCUT2D eigenvalue weighted by atomic mass is 9.82. The molecule has 0 heterocycles. The van der Waals surface area contributed by atoms with Crippen LogP contribution in [0.1, 0.15) is 25.0 Å². The largest absolute Gasteiger partial charge is 0.310 e. The second-order valence-electron chi connectivity index (χ2n) is 10.6. The Kier molecular flexibility index (Phi) is 5.19. The summed E-state index contributed by atoms with van der Waals surface area (Å²) in [5, 5.41) is 2.52. The van der Waals surface area contributed by atoms with E-state index in [0.29, 0.717) is 0 Å². The van der Waals surface area contributed by atoms with E-state index in [-0.39, 0.29) is 5.41 Å². The molecule has 0 spiro atoms. The molecule has 0 saturated carbocycles. The maximum atomic E-state index is 2.41. The van der Waals surface area contributed by atoms with Gasteiger partial charge in [0.2, 0.25) is 0 Å². The van der Waals surface area contributed by atoms with Crippen LogP contribution in [0.15, 0.2) is 140 Å². The van der Waals surface area contributed by atoms with Gasteiger partial charge in [-0.05, 0) is 68.9 Å². The SMILES string of the molecule is CC1(C)c2ccccc2-c2ccc(N(c3ccccc3)c3ccccc3-c3cccc4ccccc34)cc21. The zero-order valence-electron chi connectivity index (χ0n) is 21.7. The molecule has 7 rings (SSSR count). The standard InChI is InChI=1S/C37H29N/c1-37(2)34-21-10-8-18-31(34)32-24-23-28(25-35(32)37)38(27-15-4-3-5-16-27)36-22-11-9-19-33(36)30-20-12-14-26-13-6-7-17-29(26)30/h3-25H,1-2H3. The van der Waals surface area contributed by atoms with Crippen LogP contribution in [0.4, 0.5) is 17.1 Å². The van der Waals surface area contributed by atoms with Crippen LogP contribution in [0.25, 0.3) is 33.0 Å². The Balaban J connectivity index is 1.46. The fourth-order valence-electron chi connectivity index (χ4n) is 6.19. The van der Waals surface area contributed by atoms with Gasteiger partial charge in [-0.1, -0.05) is 123 Å². The van der Waals surface area contributed by atoms with Crippen molar-refractivity contribution in [3.8, 4) is 22.3 Å². The van der Waals surface area contributed by atoms with E-state index >= 15 is 0 Å². The topological polar surface area (TPSA) is 3.24 Å². The average molecular weight is 488 g/mol. The van der Waals surface area contributed by atoms with Crippen molar-refractivity contribution in [3.05, 3.63) is 151 Å². The van der Waals surface area contributed by atoms with Gasteiger partial charge in [0.25, 0.3) is 0 Å². The maximum absolute atomic E-state index is 2.41. The molecule has 0 bridgehead atoms. The third-order valence-electron chi connectivity index (χ3n) is 8.06. The normalized spacial score (nSPS) is 13.2. The van der Waals surface area contributed by atoms with Gasteiger partial charge in [-0.3, -0.25) is 0 Å². The lowest BCUT2D eigenvalue weighted by molar-refractivity contribution is 0.660. The molecule has 0 fully saturated rings. The van der Waals surface area contributed by atoms with Gasteiger partial charge in [0.15, 0.2) is 0 Å². The highest BCUT2D eigenvalue weighted by Crippen LogP contribution is 2.51. The number of nitrogens with zero attached hydrogens (tertiary/aromatic N) is 1. The smallest absolute Gasteiger partial charge is 0.0540 e. The fraction of sp³-hybridized carbons (Fsp3) is 0.0811. The van der Waals surface area contributed by atoms with Crippen LogP contribution in [0, 0.1) is 0 Å². The monoisotopic (exact) mass is 487 g/mol. The molecule has 0 aromatic heterocycles. The number of hydrogen-bond acceptors (Lipinski definition) is 1. The first-order valence-corrected chi connectivity index (χ1v) is 13.3. The minimum absolute atomic E-state index is 0.0561. The van der Waals surface area contributed by atoms with Crippen molar-refractivity contribution in [1.82, 2.24) is 0 Å². The van der Waals surface area contributed by atoms with Crippen LogP contribution < -0.4 is 4.90 Å². The number of rotatable bonds is 4. The molecule has 0 aliphatic heterocycles. The van der Waals surface area contributed by atoms with E-state index in [2.05, 4.69) is 158 Å². The number of fused-ring (bicyclic) bond motifs is 4. The Labute approximate surface area is 224 Å². The minimum Gasteiger partial charge on any atom is -0.310 e. The van der Waals surface area contributed by atoms with Crippen LogP contribution in [0.5, 0.6) is 0 Å². The summed E-state index contributed by atoms with van der Waals surface area (Å²) in [5.41, 5.74) is 11.4. The van der Waals surface area contributed by atoms with Gasteiger partial charge in [-0.25, -0.2) is 0 Å². The van der Waals surface area contributed by atoms with Crippen LogP contribution >= 0.6 is 0 Å². The van der Waals surface area contributed by atoms with E-state index in [0.717, 1.165) is 5.69 Å². The first-order chi connectivity index (χ1) is 18.6. The third kappa shape index (κ3) is 3.47. The van der Waals surface area contributed by atoms with Crippen molar-refractivity contribution in [2.45, 2.75) is 19.3 Å². The van der Waals surface area contributed by atoms with E-state index in [1.54, 1.807) is 0 Å². The molecule has 1 aliphatic carbocycles. The molecule has 6 aromatic rings. The Bertz CT molecular complexity index is 1790. The van der Waals surface area contributed by atoms with Crippen molar-refractivity contribution in [3.63, 3.8) is 0 Å². The molecule has 182 valence electrons. The molecule has 0 radical (unpaired) electrons. The Hall–Kier alpha value is -4.62. The lowest BCUT2D eigenvalue weighted by Crippen LogP contribution is -2.16. The predicted octanol–water partition coefficient (Wildman–Crippen LogP) is 10.3. The first kappa shape index (κ1) is 22.6.